The normalized spacial score (nSPS) is 20.9. The lowest BCUT2D eigenvalue weighted by Gasteiger charge is -2.44. The van der Waals surface area contributed by atoms with Crippen LogP contribution < -0.4 is 10.4 Å². The Labute approximate surface area is 158 Å². The molecule has 3 heteroatoms. The SMILES string of the molecule is CC(C)(C)[Si](OC[C@H]1CC=C[C@H](O)C1)(c1ccccc1)c1ccccc1. The molecule has 0 unspecified atom stereocenters. The van der Waals surface area contributed by atoms with Gasteiger partial charge in [0.15, 0.2) is 0 Å². The topological polar surface area (TPSA) is 29.5 Å². The average Bonchev–Trinajstić information content (AvgIpc) is 2.63. The number of hydrogen-bond acceptors (Lipinski definition) is 2. The van der Waals surface area contributed by atoms with Crippen molar-refractivity contribution in [3.05, 3.63) is 72.8 Å². The molecule has 0 heterocycles. The van der Waals surface area contributed by atoms with Crippen molar-refractivity contribution >= 4 is 18.7 Å². The highest BCUT2D eigenvalue weighted by Gasteiger charge is 2.50. The van der Waals surface area contributed by atoms with E-state index < -0.39 is 8.32 Å². The second kappa shape index (κ2) is 7.91. The summed E-state index contributed by atoms with van der Waals surface area (Å²) >= 11 is 0. The van der Waals surface area contributed by atoms with Gasteiger partial charge in [-0.05, 0) is 34.2 Å². The molecule has 2 aromatic carbocycles. The first-order valence-electron chi connectivity index (χ1n) is 9.53. The van der Waals surface area contributed by atoms with Gasteiger partial charge in [-0.15, -0.1) is 0 Å². The lowest BCUT2D eigenvalue weighted by Crippen LogP contribution is -2.67. The van der Waals surface area contributed by atoms with Gasteiger partial charge in [0.2, 0.25) is 0 Å². The van der Waals surface area contributed by atoms with Crippen LogP contribution in [-0.4, -0.2) is 26.1 Å². The van der Waals surface area contributed by atoms with Crippen LogP contribution in [0, 0.1) is 5.92 Å². The van der Waals surface area contributed by atoms with Crippen LogP contribution in [-0.2, 0) is 4.43 Å². The molecular weight excluding hydrogens is 336 g/mol. The predicted molar refractivity (Wildman–Crippen MR) is 111 cm³/mol. The molecule has 1 aliphatic rings. The quantitative estimate of drug-likeness (QED) is 0.642. The monoisotopic (exact) mass is 366 g/mol. The minimum atomic E-state index is -2.46. The van der Waals surface area contributed by atoms with E-state index in [0.717, 1.165) is 12.8 Å². The molecule has 0 radical (unpaired) electrons. The largest absolute Gasteiger partial charge is 0.407 e. The van der Waals surface area contributed by atoms with E-state index in [2.05, 4.69) is 87.5 Å². The summed E-state index contributed by atoms with van der Waals surface area (Å²) in [5.74, 6) is 0.372. The summed E-state index contributed by atoms with van der Waals surface area (Å²) in [6.07, 6.45) is 5.42. The van der Waals surface area contributed by atoms with Crippen molar-refractivity contribution < 1.29 is 9.53 Å². The third-order valence-corrected chi connectivity index (χ3v) is 10.4. The molecule has 0 aliphatic heterocycles. The third kappa shape index (κ3) is 3.85. The van der Waals surface area contributed by atoms with Crippen LogP contribution in [0.25, 0.3) is 0 Å². The Balaban J connectivity index is 2.01. The molecule has 0 fully saturated rings. The molecule has 2 atom stereocenters. The van der Waals surface area contributed by atoms with Gasteiger partial charge in [-0.2, -0.15) is 0 Å². The van der Waals surface area contributed by atoms with E-state index in [1.807, 2.05) is 6.08 Å². The van der Waals surface area contributed by atoms with Gasteiger partial charge in [-0.25, -0.2) is 0 Å². The van der Waals surface area contributed by atoms with Crippen molar-refractivity contribution in [2.24, 2.45) is 5.92 Å². The van der Waals surface area contributed by atoms with Gasteiger partial charge in [0.25, 0.3) is 8.32 Å². The highest BCUT2D eigenvalue weighted by atomic mass is 28.4. The molecule has 0 spiro atoms. The van der Waals surface area contributed by atoms with Gasteiger partial charge in [0.1, 0.15) is 0 Å². The lowest BCUT2D eigenvalue weighted by molar-refractivity contribution is 0.144. The Morgan fingerprint density at radius 3 is 1.96 bits per heavy atom. The molecule has 0 aromatic heterocycles. The van der Waals surface area contributed by atoms with Gasteiger partial charge >= 0.3 is 0 Å². The van der Waals surface area contributed by atoms with Crippen molar-refractivity contribution in [3.8, 4) is 0 Å². The van der Waals surface area contributed by atoms with E-state index in [9.17, 15) is 5.11 Å². The first-order chi connectivity index (χ1) is 12.4. The number of allylic oxidation sites excluding steroid dienone is 1. The Morgan fingerprint density at radius 2 is 1.50 bits per heavy atom. The smallest absolute Gasteiger partial charge is 0.261 e. The molecule has 3 rings (SSSR count). The fraction of sp³-hybridized carbons (Fsp3) is 0.391. The summed E-state index contributed by atoms with van der Waals surface area (Å²) < 4.78 is 6.95. The molecule has 0 amide bonds. The molecule has 0 saturated carbocycles. The third-order valence-electron chi connectivity index (χ3n) is 5.35. The van der Waals surface area contributed by atoms with Crippen molar-refractivity contribution in [2.75, 3.05) is 6.61 Å². The summed E-state index contributed by atoms with van der Waals surface area (Å²) in [5.41, 5.74) is 0. The van der Waals surface area contributed by atoms with Gasteiger partial charge < -0.3 is 9.53 Å². The van der Waals surface area contributed by atoms with E-state index in [1.165, 1.54) is 10.4 Å². The molecule has 138 valence electrons. The van der Waals surface area contributed by atoms with E-state index in [1.54, 1.807) is 0 Å². The molecule has 26 heavy (non-hydrogen) atoms. The van der Waals surface area contributed by atoms with Crippen LogP contribution in [0.15, 0.2) is 72.8 Å². The van der Waals surface area contributed by atoms with Gasteiger partial charge in [-0.1, -0.05) is 93.6 Å². The number of benzene rings is 2. The van der Waals surface area contributed by atoms with Crippen LogP contribution in [0.2, 0.25) is 5.04 Å². The Morgan fingerprint density at radius 1 is 0.962 bits per heavy atom. The molecule has 2 aromatic rings. The highest BCUT2D eigenvalue weighted by Crippen LogP contribution is 2.37. The van der Waals surface area contributed by atoms with E-state index in [4.69, 9.17) is 4.43 Å². The van der Waals surface area contributed by atoms with E-state index in [-0.39, 0.29) is 11.1 Å². The maximum Gasteiger partial charge on any atom is 0.261 e. The summed E-state index contributed by atoms with van der Waals surface area (Å²) in [6.45, 7) is 7.59. The Bertz CT molecular complexity index is 679. The number of aliphatic hydroxyl groups excluding tert-OH is 1. The zero-order valence-electron chi connectivity index (χ0n) is 16.1. The molecule has 1 aliphatic carbocycles. The first-order valence-corrected chi connectivity index (χ1v) is 11.4. The fourth-order valence-corrected chi connectivity index (χ4v) is 8.73. The van der Waals surface area contributed by atoms with E-state index >= 15 is 0 Å². The van der Waals surface area contributed by atoms with Crippen molar-refractivity contribution in [1.82, 2.24) is 0 Å². The summed E-state index contributed by atoms with van der Waals surface area (Å²) in [7, 11) is -2.46. The van der Waals surface area contributed by atoms with Crippen molar-refractivity contribution in [1.29, 1.82) is 0 Å². The van der Waals surface area contributed by atoms with Gasteiger partial charge in [0.05, 0.1) is 6.10 Å². The fourth-order valence-electron chi connectivity index (χ4n) is 4.08. The predicted octanol–water partition coefficient (Wildman–Crippen LogP) is 3.89. The minimum Gasteiger partial charge on any atom is -0.407 e. The molecule has 0 bridgehead atoms. The van der Waals surface area contributed by atoms with Crippen LogP contribution in [0.3, 0.4) is 0 Å². The Hall–Kier alpha value is -1.68. The maximum absolute atomic E-state index is 9.97. The maximum atomic E-state index is 9.97. The number of hydrogen-bond donors (Lipinski definition) is 1. The number of aliphatic hydroxyl groups is 1. The average molecular weight is 367 g/mol. The Kier molecular flexibility index (Phi) is 5.81. The molecule has 1 N–H and O–H groups in total. The van der Waals surface area contributed by atoms with Crippen LogP contribution in [0.1, 0.15) is 33.6 Å². The minimum absolute atomic E-state index is 0.00116. The van der Waals surface area contributed by atoms with Crippen LogP contribution >= 0.6 is 0 Å². The molecular formula is C23H30O2Si. The second-order valence-corrected chi connectivity index (χ2v) is 12.6. The van der Waals surface area contributed by atoms with Gasteiger partial charge in [-0.3, -0.25) is 0 Å². The van der Waals surface area contributed by atoms with Crippen molar-refractivity contribution in [3.63, 3.8) is 0 Å². The lowest BCUT2D eigenvalue weighted by atomic mass is 9.93. The highest BCUT2D eigenvalue weighted by molar-refractivity contribution is 6.99. The number of rotatable bonds is 5. The first kappa shape index (κ1) is 19.1. The molecule has 2 nitrogen and oxygen atoms in total. The van der Waals surface area contributed by atoms with E-state index in [0.29, 0.717) is 12.5 Å². The summed E-state index contributed by atoms with van der Waals surface area (Å²) in [4.78, 5) is 0. The van der Waals surface area contributed by atoms with Crippen LogP contribution in [0.5, 0.6) is 0 Å². The standard InChI is InChI=1S/C23H30O2Si/c1-23(2,3)26(21-13-6-4-7-14-21,22-15-8-5-9-16-22)25-18-19-11-10-12-20(24)17-19/h4-10,12-16,19-20,24H,11,17-18H2,1-3H3/t19-,20-/m0/s1. The second-order valence-electron chi connectivity index (χ2n) is 8.31. The van der Waals surface area contributed by atoms with Crippen molar-refractivity contribution in [2.45, 2.75) is 44.8 Å². The van der Waals surface area contributed by atoms with Gasteiger partial charge in [0, 0.05) is 6.61 Å². The summed E-state index contributed by atoms with van der Waals surface area (Å²) in [5, 5.41) is 12.6. The molecule has 0 saturated heterocycles. The zero-order valence-corrected chi connectivity index (χ0v) is 17.1. The summed E-state index contributed by atoms with van der Waals surface area (Å²) in [6, 6.07) is 21.5. The van der Waals surface area contributed by atoms with Crippen LogP contribution in [0.4, 0.5) is 0 Å². The zero-order chi connectivity index (χ0) is 18.6.